The molecule has 0 amide bonds. The van der Waals surface area contributed by atoms with Gasteiger partial charge in [-0.05, 0) is 42.3 Å². The van der Waals surface area contributed by atoms with Crippen molar-refractivity contribution in [3.63, 3.8) is 0 Å². The predicted octanol–water partition coefficient (Wildman–Crippen LogP) is 5.29. The van der Waals surface area contributed by atoms with Gasteiger partial charge in [0.15, 0.2) is 0 Å². The number of benzene rings is 2. The molecule has 4 heteroatoms. The number of nitrogens with one attached hydrogen (secondary N) is 1. The van der Waals surface area contributed by atoms with Crippen LogP contribution in [0.5, 0.6) is 11.5 Å². The lowest BCUT2D eigenvalue weighted by Crippen LogP contribution is -2.25. The second kappa shape index (κ2) is 7.31. The highest BCUT2D eigenvalue weighted by Gasteiger charge is 2.35. The lowest BCUT2D eigenvalue weighted by atomic mass is 9.75. The van der Waals surface area contributed by atoms with Gasteiger partial charge in [-0.3, -0.25) is 0 Å². The van der Waals surface area contributed by atoms with Crippen molar-refractivity contribution < 1.29 is 9.84 Å². The van der Waals surface area contributed by atoms with Crippen LogP contribution in [0.4, 0.5) is 5.69 Å². The Bertz CT molecular complexity index is 1030. The van der Waals surface area contributed by atoms with E-state index in [1.165, 1.54) is 11.1 Å². The fraction of sp³-hybridized carbons (Fsp3) is 0.167. The fourth-order valence-corrected chi connectivity index (χ4v) is 4.09. The van der Waals surface area contributed by atoms with Gasteiger partial charge in [0.25, 0.3) is 0 Å². The number of hydrogen-bond donors (Lipinski definition) is 3. The van der Waals surface area contributed by atoms with Crippen LogP contribution in [0.15, 0.2) is 61.3 Å². The number of aromatic nitrogens is 1. The molecule has 2 aromatic carbocycles. The van der Waals surface area contributed by atoms with Crippen LogP contribution in [0, 0.1) is 0 Å². The quantitative estimate of drug-likeness (QED) is 0.545. The van der Waals surface area contributed by atoms with E-state index in [0.29, 0.717) is 6.61 Å². The highest BCUT2D eigenvalue weighted by molar-refractivity contribution is 5.67. The summed E-state index contributed by atoms with van der Waals surface area (Å²) < 4.78 is 6.06. The molecule has 142 valence electrons. The third kappa shape index (κ3) is 3.07. The Hall–Kier alpha value is -3.40. The molecular weight excluding hydrogens is 348 g/mol. The number of hydrogen-bond acceptors (Lipinski definition) is 3. The number of allylic oxidation sites excluding steroid dienone is 1. The van der Waals surface area contributed by atoms with Gasteiger partial charge >= 0.3 is 0 Å². The third-order valence-corrected chi connectivity index (χ3v) is 5.37. The minimum absolute atomic E-state index is 0.0814. The van der Waals surface area contributed by atoms with Crippen LogP contribution in [0.2, 0.25) is 0 Å². The van der Waals surface area contributed by atoms with Gasteiger partial charge in [-0.1, -0.05) is 36.9 Å². The molecule has 1 aromatic heterocycles. The molecule has 1 aliphatic rings. The van der Waals surface area contributed by atoms with Crippen LogP contribution in [0.3, 0.4) is 0 Å². The first-order valence-corrected chi connectivity index (χ1v) is 9.40. The Morgan fingerprint density at radius 3 is 2.68 bits per heavy atom. The molecule has 0 fully saturated rings. The van der Waals surface area contributed by atoms with E-state index in [0.717, 1.165) is 28.3 Å². The maximum atomic E-state index is 9.89. The van der Waals surface area contributed by atoms with E-state index in [4.69, 9.17) is 10.5 Å². The summed E-state index contributed by atoms with van der Waals surface area (Å²) in [4.78, 5) is 3.36. The van der Waals surface area contributed by atoms with Crippen molar-refractivity contribution in [2.75, 3.05) is 12.3 Å². The molecule has 2 atom stereocenters. The number of nitrogens with two attached hydrogens (primary N) is 1. The van der Waals surface area contributed by atoms with E-state index in [2.05, 4.69) is 36.0 Å². The third-order valence-electron chi connectivity index (χ3n) is 5.37. The number of aromatic amines is 1. The zero-order valence-corrected chi connectivity index (χ0v) is 15.9. The largest absolute Gasteiger partial charge is 0.508 e. The molecule has 2 unspecified atom stereocenters. The van der Waals surface area contributed by atoms with Gasteiger partial charge in [0, 0.05) is 46.6 Å². The second-order valence-electron chi connectivity index (χ2n) is 7.06. The van der Waals surface area contributed by atoms with Gasteiger partial charge in [-0.2, -0.15) is 0 Å². The zero-order chi connectivity index (χ0) is 19.7. The summed E-state index contributed by atoms with van der Waals surface area (Å²) in [6.45, 7) is 6.53. The summed E-state index contributed by atoms with van der Waals surface area (Å²) in [7, 11) is 0. The first-order chi connectivity index (χ1) is 13.6. The molecule has 0 aliphatic carbocycles. The van der Waals surface area contributed by atoms with Crippen LogP contribution in [0.1, 0.15) is 46.7 Å². The molecule has 3 aromatic rings. The van der Waals surface area contributed by atoms with Gasteiger partial charge < -0.3 is 20.6 Å². The number of rotatable bonds is 4. The van der Waals surface area contributed by atoms with Crippen molar-refractivity contribution >= 4 is 17.8 Å². The molecule has 0 bridgehead atoms. The van der Waals surface area contributed by atoms with Crippen LogP contribution in [-0.2, 0) is 0 Å². The van der Waals surface area contributed by atoms with Crippen LogP contribution < -0.4 is 10.5 Å². The number of phenols is 1. The van der Waals surface area contributed by atoms with Crippen molar-refractivity contribution in [2.45, 2.75) is 18.8 Å². The minimum Gasteiger partial charge on any atom is -0.508 e. The monoisotopic (exact) mass is 372 g/mol. The van der Waals surface area contributed by atoms with Gasteiger partial charge in [0.1, 0.15) is 11.5 Å². The van der Waals surface area contributed by atoms with Crippen LogP contribution in [0.25, 0.3) is 12.2 Å². The van der Waals surface area contributed by atoms with Crippen molar-refractivity contribution in [1.29, 1.82) is 0 Å². The van der Waals surface area contributed by atoms with E-state index < -0.39 is 0 Å². The summed E-state index contributed by atoms with van der Waals surface area (Å²) >= 11 is 0. The summed E-state index contributed by atoms with van der Waals surface area (Å²) in [5, 5.41) is 9.89. The number of nitrogen functional groups attached to an aromatic ring is 1. The molecule has 4 N–H and O–H groups in total. The number of H-pyrrole nitrogens is 1. The Kier molecular flexibility index (Phi) is 4.70. The maximum Gasteiger partial charge on any atom is 0.126 e. The molecule has 28 heavy (non-hydrogen) atoms. The SMILES string of the molecule is C=Cc1c(C2COc3cc(O)ccc3C2c2ccc(N)cc2)c[nH]c1/C=C\C. The van der Waals surface area contributed by atoms with Crippen LogP contribution in [-0.4, -0.2) is 16.7 Å². The highest BCUT2D eigenvalue weighted by Crippen LogP contribution is 2.48. The first kappa shape index (κ1) is 18.0. The Balaban J connectivity index is 1.88. The standard InChI is InChI=1S/C24H24N2O2/c1-3-5-22-18(4-2)20(13-26-22)21-14-28-23-12-17(27)10-11-19(23)24(21)15-6-8-16(25)9-7-15/h3-13,21,24,26-27H,2,14,25H2,1H3/b5-3-. The van der Waals surface area contributed by atoms with Crippen LogP contribution >= 0.6 is 0 Å². The molecule has 0 saturated carbocycles. The Labute approximate surface area is 165 Å². The van der Waals surface area contributed by atoms with Crippen molar-refractivity contribution in [3.8, 4) is 11.5 Å². The maximum absolute atomic E-state index is 9.89. The Morgan fingerprint density at radius 1 is 1.18 bits per heavy atom. The highest BCUT2D eigenvalue weighted by atomic mass is 16.5. The van der Waals surface area contributed by atoms with Crippen molar-refractivity contribution in [3.05, 3.63) is 89.3 Å². The average Bonchev–Trinajstić information content (AvgIpc) is 3.10. The van der Waals surface area contributed by atoms with Crippen molar-refractivity contribution in [2.24, 2.45) is 0 Å². The summed E-state index contributed by atoms with van der Waals surface area (Å²) in [6.07, 6.45) is 8.01. The minimum atomic E-state index is 0.0814. The summed E-state index contributed by atoms with van der Waals surface area (Å²) in [5.41, 5.74) is 12.2. The van der Waals surface area contributed by atoms with E-state index >= 15 is 0 Å². The molecule has 4 rings (SSSR count). The number of anilines is 1. The lowest BCUT2D eigenvalue weighted by molar-refractivity contribution is 0.247. The van der Waals surface area contributed by atoms with E-state index in [9.17, 15) is 5.11 Å². The number of aromatic hydroxyl groups is 1. The lowest BCUT2D eigenvalue weighted by Gasteiger charge is -2.34. The molecule has 0 saturated heterocycles. The fourth-order valence-electron chi connectivity index (χ4n) is 4.09. The predicted molar refractivity (Wildman–Crippen MR) is 115 cm³/mol. The smallest absolute Gasteiger partial charge is 0.126 e. The van der Waals surface area contributed by atoms with Gasteiger partial charge in [-0.15, -0.1) is 0 Å². The topological polar surface area (TPSA) is 71.3 Å². The molecule has 1 aliphatic heterocycles. The summed E-state index contributed by atoms with van der Waals surface area (Å²) in [6, 6.07) is 13.4. The number of ether oxygens (including phenoxy) is 1. The number of fused-ring (bicyclic) bond motifs is 1. The average molecular weight is 372 g/mol. The number of phenolic OH excluding ortho intramolecular Hbond substituents is 1. The Morgan fingerprint density at radius 2 is 1.96 bits per heavy atom. The zero-order valence-electron chi connectivity index (χ0n) is 15.9. The second-order valence-corrected chi connectivity index (χ2v) is 7.06. The molecule has 0 spiro atoms. The van der Waals surface area contributed by atoms with Gasteiger partial charge in [0.2, 0.25) is 0 Å². The molecule has 2 heterocycles. The molecular formula is C24H24N2O2. The summed E-state index contributed by atoms with van der Waals surface area (Å²) in [5.74, 6) is 1.11. The van der Waals surface area contributed by atoms with Crippen molar-refractivity contribution in [1.82, 2.24) is 4.98 Å². The van der Waals surface area contributed by atoms with Gasteiger partial charge in [0.05, 0.1) is 6.61 Å². The van der Waals surface area contributed by atoms with E-state index in [-0.39, 0.29) is 17.6 Å². The molecule has 0 radical (unpaired) electrons. The van der Waals surface area contributed by atoms with E-state index in [1.807, 2.05) is 37.3 Å². The normalized spacial score (nSPS) is 18.6. The molecule has 4 nitrogen and oxygen atoms in total. The first-order valence-electron chi connectivity index (χ1n) is 9.40. The van der Waals surface area contributed by atoms with E-state index in [1.54, 1.807) is 12.1 Å². The van der Waals surface area contributed by atoms with Gasteiger partial charge in [-0.25, -0.2) is 0 Å².